The van der Waals surface area contributed by atoms with E-state index in [9.17, 15) is 17.6 Å². The number of benzene rings is 1. The van der Waals surface area contributed by atoms with Gasteiger partial charge in [-0.15, -0.1) is 58.7 Å². The van der Waals surface area contributed by atoms with Gasteiger partial charge in [-0.25, -0.2) is 17.6 Å². The normalized spacial score (nSPS) is 20.8. The molecular weight excluding hydrogens is 340 g/mol. The third-order valence-corrected chi connectivity index (χ3v) is 5.32. The molecule has 2 atom stereocenters. The lowest BCUT2D eigenvalue weighted by Crippen LogP contribution is -2.24. The summed E-state index contributed by atoms with van der Waals surface area (Å²) in [6.45, 7) is 0. The van der Waals surface area contributed by atoms with Gasteiger partial charge in [0.05, 0.1) is 0 Å². The molecule has 130 valence electrons. The molecule has 3 aliphatic carbocycles. The van der Waals surface area contributed by atoms with Crippen LogP contribution in [-0.4, -0.2) is 0 Å². The maximum Gasteiger partial charge on any atom is 0.197 e. The minimum Gasteiger partial charge on any atom is -0.203 e. The maximum absolute atomic E-state index is 14.6. The van der Waals surface area contributed by atoms with Gasteiger partial charge in [0, 0.05) is 0 Å². The zero-order valence-corrected chi connectivity index (χ0v) is 13.4. The standard InChI is InChI=1S/C22H12F4/c23-19-17-15-10-14(12-7-3-4-8-12)16(9-13(15)11-5-1-2-6-11)18(17)20(24)22(26)21(19)25/h1-10,15-16H/q-2/t15-,16?/m0/s1. The van der Waals surface area contributed by atoms with Gasteiger partial charge < -0.3 is 0 Å². The van der Waals surface area contributed by atoms with Crippen molar-refractivity contribution in [2.75, 3.05) is 0 Å². The van der Waals surface area contributed by atoms with E-state index in [1.807, 2.05) is 60.7 Å². The first-order valence-corrected chi connectivity index (χ1v) is 8.31. The molecule has 3 aromatic carbocycles. The van der Waals surface area contributed by atoms with E-state index in [2.05, 4.69) is 0 Å². The van der Waals surface area contributed by atoms with Crippen molar-refractivity contribution in [2.45, 2.75) is 11.8 Å². The van der Waals surface area contributed by atoms with Gasteiger partial charge in [-0.1, -0.05) is 0 Å². The average Bonchev–Trinajstić information content (AvgIpc) is 3.37. The predicted octanol–water partition coefficient (Wildman–Crippen LogP) is 6.04. The summed E-state index contributed by atoms with van der Waals surface area (Å²) in [4.78, 5) is 0. The summed E-state index contributed by atoms with van der Waals surface area (Å²) >= 11 is 0. The molecule has 0 nitrogen and oxygen atoms in total. The van der Waals surface area contributed by atoms with Crippen molar-refractivity contribution in [1.29, 1.82) is 0 Å². The molecule has 0 saturated carbocycles. The summed E-state index contributed by atoms with van der Waals surface area (Å²) < 4.78 is 57.1. The van der Waals surface area contributed by atoms with Crippen molar-refractivity contribution in [3.05, 3.63) is 106 Å². The Morgan fingerprint density at radius 2 is 0.885 bits per heavy atom. The molecule has 4 heteroatoms. The smallest absolute Gasteiger partial charge is 0.197 e. The number of hydrogen-bond donors (Lipinski definition) is 0. The van der Waals surface area contributed by atoms with Crippen LogP contribution in [0, 0.1) is 23.3 Å². The van der Waals surface area contributed by atoms with Gasteiger partial charge in [0.1, 0.15) is 0 Å². The van der Waals surface area contributed by atoms with Gasteiger partial charge in [0.2, 0.25) is 0 Å². The first-order valence-electron chi connectivity index (χ1n) is 8.31. The average molecular weight is 352 g/mol. The number of halogens is 4. The van der Waals surface area contributed by atoms with Crippen LogP contribution in [-0.2, 0) is 0 Å². The lowest BCUT2D eigenvalue weighted by atomic mass is 9.66. The van der Waals surface area contributed by atoms with E-state index in [1.54, 1.807) is 0 Å². The molecule has 3 aliphatic rings. The SMILES string of the molecule is Fc1c(F)c(F)c2c(c1F)C1C=C([c-]3cccc3)[C@@H]2C=C1[c-]1cccc1. The summed E-state index contributed by atoms with van der Waals surface area (Å²) in [5, 5.41) is 0. The molecule has 0 fully saturated rings. The van der Waals surface area contributed by atoms with Crippen LogP contribution in [0.25, 0.3) is 11.1 Å². The Morgan fingerprint density at radius 1 is 0.538 bits per heavy atom. The minimum atomic E-state index is -1.75. The zero-order valence-electron chi connectivity index (χ0n) is 13.4. The van der Waals surface area contributed by atoms with E-state index in [0.29, 0.717) is 0 Å². The van der Waals surface area contributed by atoms with Crippen molar-refractivity contribution >= 4 is 11.1 Å². The van der Waals surface area contributed by atoms with E-state index in [1.165, 1.54) is 0 Å². The van der Waals surface area contributed by atoms with Gasteiger partial charge in [-0.2, -0.15) is 24.3 Å². The van der Waals surface area contributed by atoms with Gasteiger partial charge in [-0.05, 0) is 23.0 Å². The molecule has 0 saturated heterocycles. The second-order valence-electron chi connectivity index (χ2n) is 6.63. The Bertz CT molecular complexity index is 979. The molecule has 0 heterocycles. The van der Waals surface area contributed by atoms with Crippen LogP contribution >= 0.6 is 0 Å². The Kier molecular flexibility index (Phi) is 3.14. The van der Waals surface area contributed by atoms with Crippen LogP contribution in [0.5, 0.6) is 0 Å². The first-order chi connectivity index (χ1) is 12.6. The molecule has 6 rings (SSSR count). The highest BCUT2D eigenvalue weighted by atomic mass is 19.2. The van der Waals surface area contributed by atoms with E-state index in [4.69, 9.17) is 0 Å². The van der Waals surface area contributed by atoms with Crippen LogP contribution in [0.3, 0.4) is 0 Å². The van der Waals surface area contributed by atoms with Gasteiger partial charge in [-0.3, -0.25) is 0 Å². The molecule has 0 spiro atoms. The Morgan fingerprint density at radius 3 is 1.23 bits per heavy atom. The Labute approximate surface area is 147 Å². The zero-order chi connectivity index (χ0) is 18.0. The predicted molar refractivity (Wildman–Crippen MR) is 91.8 cm³/mol. The fourth-order valence-corrected chi connectivity index (χ4v) is 4.18. The Balaban J connectivity index is 1.80. The van der Waals surface area contributed by atoms with E-state index >= 15 is 0 Å². The van der Waals surface area contributed by atoms with Crippen LogP contribution < -0.4 is 0 Å². The number of hydrogen-bond acceptors (Lipinski definition) is 0. The van der Waals surface area contributed by atoms with Crippen LogP contribution in [0.4, 0.5) is 17.6 Å². The highest BCUT2D eigenvalue weighted by Gasteiger charge is 2.38. The fraction of sp³-hybridized carbons (Fsp3) is 0.0909. The summed E-state index contributed by atoms with van der Waals surface area (Å²) in [7, 11) is 0. The topological polar surface area (TPSA) is 0 Å². The van der Waals surface area contributed by atoms with Crippen molar-refractivity contribution < 1.29 is 17.6 Å². The molecule has 0 N–H and O–H groups in total. The highest BCUT2D eigenvalue weighted by Crippen LogP contribution is 2.55. The molecule has 3 aromatic rings. The molecule has 0 aromatic heterocycles. The largest absolute Gasteiger partial charge is 0.203 e. The van der Waals surface area contributed by atoms with Gasteiger partial charge in [0.15, 0.2) is 23.3 Å². The molecule has 0 amide bonds. The maximum atomic E-state index is 14.6. The molecule has 0 aliphatic heterocycles. The number of allylic oxidation sites excluding steroid dienone is 4. The third kappa shape index (κ3) is 1.90. The van der Waals surface area contributed by atoms with Crippen molar-refractivity contribution in [3.63, 3.8) is 0 Å². The summed E-state index contributed by atoms with van der Waals surface area (Å²) in [5.74, 6) is -7.43. The van der Waals surface area contributed by atoms with E-state index < -0.39 is 35.1 Å². The fourth-order valence-electron chi connectivity index (χ4n) is 4.18. The quantitative estimate of drug-likeness (QED) is 0.228. The minimum absolute atomic E-state index is 0.0968. The molecule has 0 radical (unpaired) electrons. The summed E-state index contributed by atoms with van der Waals surface area (Å²) in [6.07, 6.45) is 3.68. The summed E-state index contributed by atoms with van der Waals surface area (Å²) in [5.41, 5.74) is 3.11. The lowest BCUT2D eigenvalue weighted by Gasteiger charge is -2.43. The van der Waals surface area contributed by atoms with E-state index in [0.717, 1.165) is 22.3 Å². The Hall–Kier alpha value is -2.88. The van der Waals surface area contributed by atoms with Crippen LogP contribution in [0.2, 0.25) is 0 Å². The molecule has 26 heavy (non-hydrogen) atoms. The van der Waals surface area contributed by atoms with Crippen molar-refractivity contribution in [2.24, 2.45) is 0 Å². The van der Waals surface area contributed by atoms with Gasteiger partial charge in [0.25, 0.3) is 0 Å². The molecular formula is C22H12F4-2. The van der Waals surface area contributed by atoms with Gasteiger partial charge >= 0.3 is 0 Å². The van der Waals surface area contributed by atoms with E-state index in [-0.39, 0.29) is 11.1 Å². The molecule has 1 unspecified atom stereocenters. The highest BCUT2D eigenvalue weighted by molar-refractivity contribution is 5.90. The lowest BCUT2D eigenvalue weighted by molar-refractivity contribution is 0.396. The first kappa shape index (κ1) is 15.4. The monoisotopic (exact) mass is 352 g/mol. The van der Waals surface area contributed by atoms with Crippen molar-refractivity contribution in [3.8, 4) is 0 Å². The second kappa shape index (κ2) is 5.31. The third-order valence-electron chi connectivity index (χ3n) is 5.32. The van der Waals surface area contributed by atoms with Crippen molar-refractivity contribution in [1.82, 2.24) is 0 Å². The van der Waals surface area contributed by atoms with Crippen LogP contribution in [0.15, 0.2) is 60.7 Å². The molecule has 2 bridgehead atoms. The summed E-state index contributed by atoms with van der Waals surface area (Å²) in [6, 6.07) is 14.9. The number of rotatable bonds is 2. The van der Waals surface area contributed by atoms with Crippen LogP contribution in [0.1, 0.15) is 34.1 Å². The second-order valence-corrected chi connectivity index (χ2v) is 6.63.